The standard InChI is InChI=1S/C10H21N3O2/c1-10(2,3)15-9(14)13-8-6-12-5-4-7(8)11/h7-8,12H,4-6,11H2,1-3H3,(H,13,14)/t7-,8+/m0/s1. The van der Waals surface area contributed by atoms with E-state index in [1.807, 2.05) is 20.8 Å². The molecule has 0 bridgehead atoms. The second-order valence-corrected chi connectivity index (χ2v) is 4.91. The van der Waals surface area contributed by atoms with E-state index in [4.69, 9.17) is 10.5 Å². The van der Waals surface area contributed by atoms with Gasteiger partial charge in [-0.25, -0.2) is 4.79 Å². The van der Waals surface area contributed by atoms with Crippen molar-refractivity contribution >= 4 is 6.09 Å². The van der Waals surface area contributed by atoms with Gasteiger partial charge in [-0.2, -0.15) is 0 Å². The van der Waals surface area contributed by atoms with Crippen LogP contribution in [0.1, 0.15) is 27.2 Å². The Labute approximate surface area is 90.7 Å². The maximum atomic E-state index is 11.5. The zero-order valence-electron chi connectivity index (χ0n) is 9.67. The van der Waals surface area contributed by atoms with Crippen molar-refractivity contribution in [1.29, 1.82) is 0 Å². The van der Waals surface area contributed by atoms with E-state index in [-0.39, 0.29) is 12.1 Å². The third-order valence-corrected chi connectivity index (χ3v) is 2.24. The van der Waals surface area contributed by atoms with E-state index < -0.39 is 11.7 Å². The first-order valence-electron chi connectivity index (χ1n) is 5.34. The molecule has 5 nitrogen and oxygen atoms in total. The van der Waals surface area contributed by atoms with Crippen LogP contribution in [0.3, 0.4) is 0 Å². The number of hydrogen-bond donors (Lipinski definition) is 3. The fourth-order valence-electron chi connectivity index (χ4n) is 1.50. The fourth-order valence-corrected chi connectivity index (χ4v) is 1.50. The van der Waals surface area contributed by atoms with Crippen molar-refractivity contribution in [2.75, 3.05) is 13.1 Å². The van der Waals surface area contributed by atoms with Gasteiger partial charge in [0.05, 0.1) is 6.04 Å². The molecule has 1 rings (SSSR count). The zero-order valence-corrected chi connectivity index (χ0v) is 9.67. The van der Waals surface area contributed by atoms with Crippen LogP contribution in [0.25, 0.3) is 0 Å². The number of alkyl carbamates (subject to hydrolysis) is 1. The van der Waals surface area contributed by atoms with Crippen molar-refractivity contribution in [1.82, 2.24) is 10.6 Å². The van der Waals surface area contributed by atoms with Gasteiger partial charge in [0, 0.05) is 12.6 Å². The predicted molar refractivity (Wildman–Crippen MR) is 58.6 cm³/mol. The third kappa shape index (κ3) is 4.48. The molecule has 0 aliphatic carbocycles. The van der Waals surface area contributed by atoms with E-state index in [9.17, 15) is 4.79 Å². The minimum Gasteiger partial charge on any atom is -0.444 e. The molecular formula is C10H21N3O2. The van der Waals surface area contributed by atoms with Gasteiger partial charge in [-0.15, -0.1) is 0 Å². The lowest BCUT2D eigenvalue weighted by Crippen LogP contribution is -2.57. The first-order chi connectivity index (χ1) is 6.88. The largest absolute Gasteiger partial charge is 0.444 e. The lowest BCUT2D eigenvalue weighted by Gasteiger charge is -2.31. The summed E-state index contributed by atoms with van der Waals surface area (Å²) in [6, 6.07) is -0.0210. The van der Waals surface area contributed by atoms with Crippen LogP contribution >= 0.6 is 0 Å². The molecule has 15 heavy (non-hydrogen) atoms. The number of nitrogens with one attached hydrogen (secondary N) is 2. The average molecular weight is 215 g/mol. The van der Waals surface area contributed by atoms with Gasteiger partial charge < -0.3 is 21.1 Å². The Kier molecular flexibility index (Phi) is 3.93. The molecule has 1 amide bonds. The van der Waals surface area contributed by atoms with Gasteiger partial charge in [-0.1, -0.05) is 0 Å². The van der Waals surface area contributed by atoms with Gasteiger partial charge in [-0.3, -0.25) is 0 Å². The Bertz CT molecular complexity index is 225. The number of carbonyl (C=O) groups excluding carboxylic acids is 1. The molecule has 0 unspecified atom stereocenters. The molecular weight excluding hydrogens is 194 g/mol. The first-order valence-corrected chi connectivity index (χ1v) is 5.34. The van der Waals surface area contributed by atoms with E-state index in [2.05, 4.69) is 10.6 Å². The zero-order chi connectivity index (χ0) is 11.5. The minimum absolute atomic E-state index is 0.0127. The van der Waals surface area contributed by atoms with E-state index >= 15 is 0 Å². The van der Waals surface area contributed by atoms with E-state index in [1.54, 1.807) is 0 Å². The smallest absolute Gasteiger partial charge is 0.407 e. The van der Waals surface area contributed by atoms with E-state index in [0.29, 0.717) is 6.54 Å². The quantitative estimate of drug-likeness (QED) is 0.584. The number of rotatable bonds is 1. The van der Waals surface area contributed by atoms with Crippen LogP contribution in [0.5, 0.6) is 0 Å². The van der Waals surface area contributed by atoms with E-state index in [1.165, 1.54) is 0 Å². The lowest BCUT2D eigenvalue weighted by molar-refractivity contribution is 0.0490. The summed E-state index contributed by atoms with van der Waals surface area (Å²) in [5, 5.41) is 5.96. The number of nitrogens with two attached hydrogens (primary N) is 1. The third-order valence-electron chi connectivity index (χ3n) is 2.24. The van der Waals surface area contributed by atoms with Crippen LogP contribution in [-0.4, -0.2) is 36.9 Å². The summed E-state index contributed by atoms with van der Waals surface area (Å²) < 4.78 is 5.16. The molecule has 1 aliphatic heterocycles. The lowest BCUT2D eigenvalue weighted by atomic mass is 10.0. The fraction of sp³-hybridized carbons (Fsp3) is 0.900. The van der Waals surface area contributed by atoms with Crippen LogP contribution < -0.4 is 16.4 Å². The molecule has 5 heteroatoms. The Morgan fingerprint density at radius 3 is 2.73 bits per heavy atom. The minimum atomic E-state index is -0.462. The second kappa shape index (κ2) is 4.81. The monoisotopic (exact) mass is 215 g/mol. The predicted octanol–water partition coefficient (Wildman–Crippen LogP) is 0.200. The summed E-state index contributed by atoms with van der Waals surface area (Å²) >= 11 is 0. The van der Waals surface area contributed by atoms with Crippen LogP contribution in [0.4, 0.5) is 4.79 Å². The number of ether oxygens (including phenoxy) is 1. The molecule has 0 saturated carbocycles. The number of hydrogen-bond acceptors (Lipinski definition) is 4. The molecule has 0 aromatic heterocycles. The highest BCUT2D eigenvalue weighted by atomic mass is 16.6. The molecule has 1 heterocycles. The van der Waals surface area contributed by atoms with Crippen LogP contribution in [0.2, 0.25) is 0 Å². The summed E-state index contributed by atoms with van der Waals surface area (Å²) in [5.41, 5.74) is 5.42. The average Bonchev–Trinajstić information content (AvgIpc) is 2.05. The molecule has 0 aromatic rings. The van der Waals surface area contributed by atoms with E-state index in [0.717, 1.165) is 13.0 Å². The SMILES string of the molecule is CC(C)(C)OC(=O)N[C@@H]1CNCC[C@@H]1N. The molecule has 0 radical (unpaired) electrons. The van der Waals surface area contributed by atoms with Crippen molar-refractivity contribution in [2.24, 2.45) is 5.73 Å². The number of carbonyl (C=O) groups is 1. The summed E-state index contributed by atoms with van der Waals surface area (Å²) in [6.45, 7) is 7.14. The number of piperidine rings is 1. The summed E-state index contributed by atoms with van der Waals surface area (Å²) in [4.78, 5) is 11.5. The second-order valence-electron chi connectivity index (χ2n) is 4.91. The first kappa shape index (κ1) is 12.3. The summed E-state index contributed by atoms with van der Waals surface area (Å²) in [5.74, 6) is 0. The Morgan fingerprint density at radius 2 is 2.20 bits per heavy atom. The van der Waals surface area contributed by atoms with Crippen LogP contribution in [-0.2, 0) is 4.74 Å². The highest BCUT2D eigenvalue weighted by Gasteiger charge is 2.25. The summed E-state index contributed by atoms with van der Waals surface area (Å²) in [6.07, 6.45) is 0.479. The van der Waals surface area contributed by atoms with Gasteiger partial charge in [0.1, 0.15) is 5.60 Å². The Balaban J connectivity index is 2.36. The van der Waals surface area contributed by atoms with Crippen LogP contribution in [0, 0.1) is 0 Å². The van der Waals surface area contributed by atoms with Gasteiger partial charge >= 0.3 is 6.09 Å². The number of amides is 1. The topological polar surface area (TPSA) is 76.4 Å². The van der Waals surface area contributed by atoms with Gasteiger partial charge in [0.15, 0.2) is 0 Å². The van der Waals surface area contributed by atoms with Crippen molar-refractivity contribution in [2.45, 2.75) is 44.9 Å². The van der Waals surface area contributed by atoms with Gasteiger partial charge in [0.2, 0.25) is 0 Å². The van der Waals surface area contributed by atoms with Crippen molar-refractivity contribution in [3.63, 3.8) is 0 Å². The molecule has 1 fully saturated rings. The van der Waals surface area contributed by atoms with Crippen molar-refractivity contribution in [3.05, 3.63) is 0 Å². The molecule has 2 atom stereocenters. The Hall–Kier alpha value is -0.810. The highest BCUT2D eigenvalue weighted by Crippen LogP contribution is 2.08. The van der Waals surface area contributed by atoms with Crippen LogP contribution in [0.15, 0.2) is 0 Å². The molecule has 1 aliphatic rings. The molecule has 4 N–H and O–H groups in total. The summed E-state index contributed by atoms with van der Waals surface area (Å²) in [7, 11) is 0. The molecule has 0 aromatic carbocycles. The van der Waals surface area contributed by atoms with Gasteiger partial charge in [-0.05, 0) is 33.7 Å². The van der Waals surface area contributed by atoms with Crippen molar-refractivity contribution in [3.8, 4) is 0 Å². The highest BCUT2D eigenvalue weighted by molar-refractivity contribution is 5.68. The maximum absolute atomic E-state index is 11.5. The molecule has 1 saturated heterocycles. The van der Waals surface area contributed by atoms with Gasteiger partial charge in [0.25, 0.3) is 0 Å². The normalized spacial score (nSPS) is 27.2. The molecule has 88 valence electrons. The maximum Gasteiger partial charge on any atom is 0.407 e. The molecule has 0 spiro atoms. The van der Waals surface area contributed by atoms with Crippen molar-refractivity contribution < 1.29 is 9.53 Å². The Morgan fingerprint density at radius 1 is 1.53 bits per heavy atom.